The Morgan fingerprint density at radius 2 is 1.35 bits per heavy atom. The van der Waals surface area contributed by atoms with Crippen molar-refractivity contribution in [2.75, 3.05) is 0 Å². The Kier molecular flexibility index (Phi) is 2.46. The Labute approximate surface area is 132 Å². The average molecular weight is 296 g/mol. The van der Waals surface area contributed by atoms with E-state index in [0.717, 1.165) is 33.5 Å². The predicted octanol–water partition coefficient (Wildman–Crippen LogP) is 4.10. The zero-order chi connectivity index (χ0) is 15.2. The van der Waals surface area contributed by atoms with Crippen molar-refractivity contribution in [1.29, 1.82) is 0 Å². The number of hydrogen-bond acceptors (Lipinski definition) is 3. The van der Waals surface area contributed by atoms with Crippen molar-refractivity contribution < 1.29 is 0 Å². The van der Waals surface area contributed by atoms with Crippen molar-refractivity contribution >= 4 is 28.0 Å². The molecule has 0 aliphatic heterocycles. The normalized spacial score (nSPS) is 11.5. The van der Waals surface area contributed by atoms with Crippen molar-refractivity contribution in [2.45, 2.75) is 0 Å². The van der Waals surface area contributed by atoms with E-state index in [1.807, 2.05) is 59.1 Å². The van der Waals surface area contributed by atoms with E-state index >= 15 is 0 Å². The highest BCUT2D eigenvalue weighted by Gasteiger charge is 2.12. The van der Waals surface area contributed by atoms with Crippen LogP contribution in [-0.4, -0.2) is 19.4 Å². The van der Waals surface area contributed by atoms with Gasteiger partial charge in [0.05, 0.1) is 11.0 Å². The maximum atomic E-state index is 4.74. The topological polar surface area (TPSA) is 43.1 Å². The molecular weight excluding hydrogens is 284 g/mol. The van der Waals surface area contributed by atoms with E-state index in [9.17, 15) is 0 Å². The summed E-state index contributed by atoms with van der Waals surface area (Å²) < 4.78 is 2.01. The maximum absolute atomic E-state index is 4.74. The van der Waals surface area contributed by atoms with Crippen LogP contribution in [0.2, 0.25) is 0 Å². The minimum absolute atomic E-state index is 0.673. The summed E-state index contributed by atoms with van der Waals surface area (Å²) >= 11 is 0. The summed E-state index contributed by atoms with van der Waals surface area (Å²) in [5.74, 6) is 0. The number of imidazole rings is 1. The van der Waals surface area contributed by atoms with Gasteiger partial charge in [-0.1, -0.05) is 42.5 Å². The number of hydrogen-bond donors (Lipinski definition) is 0. The van der Waals surface area contributed by atoms with E-state index in [2.05, 4.69) is 23.2 Å². The van der Waals surface area contributed by atoms with Gasteiger partial charge in [0.2, 0.25) is 0 Å². The molecule has 0 saturated heterocycles. The van der Waals surface area contributed by atoms with Crippen LogP contribution in [0.4, 0.5) is 0 Å². The van der Waals surface area contributed by atoms with Gasteiger partial charge in [-0.05, 0) is 29.8 Å². The molecule has 108 valence electrons. The fourth-order valence-corrected chi connectivity index (χ4v) is 2.95. The summed E-state index contributed by atoms with van der Waals surface area (Å²) in [5.41, 5.74) is 6.30. The van der Waals surface area contributed by atoms with Crippen LogP contribution >= 0.6 is 0 Å². The number of pyridine rings is 1. The molecular formula is C19H12N4. The Hall–Kier alpha value is -3.27. The van der Waals surface area contributed by atoms with E-state index in [1.54, 1.807) is 0 Å². The minimum atomic E-state index is 0.673. The van der Waals surface area contributed by atoms with Crippen LogP contribution in [0, 0.1) is 0 Å². The molecule has 4 nitrogen and oxygen atoms in total. The molecule has 3 heterocycles. The summed E-state index contributed by atoms with van der Waals surface area (Å²) in [5, 5.41) is 0. The maximum Gasteiger partial charge on any atom is 0.199 e. The Bertz CT molecular complexity index is 1160. The van der Waals surface area contributed by atoms with Crippen LogP contribution in [0.15, 0.2) is 72.9 Å². The average Bonchev–Trinajstić information content (AvgIpc) is 2.98. The van der Waals surface area contributed by atoms with Gasteiger partial charge in [-0.2, -0.15) is 0 Å². The third kappa shape index (κ3) is 1.82. The number of aromatic nitrogens is 4. The fourth-order valence-electron chi connectivity index (χ4n) is 2.95. The molecule has 0 amide bonds. The van der Waals surface area contributed by atoms with E-state index in [4.69, 9.17) is 9.97 Å². The van der Waals surface area contributed by atoms with Crippen LogP contribution in [0.25, 0.3) is 39.1 Å². The Morgan fingerprint density at radius 1 is 0.609 bits per heavy atom. The molecule has 5 rings (SSSR count). The number of nitrogens with zero attached hydrogens (tertiary/aromatic N) is 4. The van der Waals surface area contributed by atoms with E-state index in [-0.39, 0.29) is 0 Å². The van der Waals surface area contributed by atoms with Gasteiger partial charge < -0.3 is 0 Å². The van der Waals surface area contributed by atoms with Crippen LogP contribution in [0.3, 0.4) is 0 Å². The van der Waals surface area contributed by atoms with Crippen LogP contribution < -0.4 is 0 Å². The van der Waals surface area contributed by atoms with Crippen LogP contribution in [0.5, 0.6) is 0 Å². The first-order valence-electron chi connectivity index (χ1n) is 7.49. The molecule has 0 aliphatic carbocycles. The fraction of sp³-hybridized carbons (Fsp3) is 0. The molecule has 3 aromatic heterocycles. The Balaban J connectivity index is 1.91. The highest BCUT2D eigenvalue weighted by atomic mass is 15.1. The van der Waals surface area contributed by atoms with Gasteiger partial charge in [-0.3, -0.25) is 4.40 Å². The van der Waals surface area contributed by atoms with Crippen LogP contribution in [0.1, 0.15) is 0 Å². The molecule has 0 aliphatic rings. The lowest BCUT2D eigenvalue weighted by molar-refractivity contribution is 1.19. The van der Waals surface area contributed by atoms with Crippen molar-refractivity contribution in [3.05, 3.63) is 72.9 Å². The molecule has 0 N–H and O–H groups in total. The van der Waals surface area contributed by atoms with Crippen molar-refractivity contribution in [3.8, 4) is 11.1 Å². The summed E-state index contributed by atoms with van der Waals surface area (Å²) in [6.45, 7) is 0. The zero-order valence-electron chi connectivity index (χ0n) is 12.2. The molecule has 0 saturated carbocycles. The summed E-state index contributed by atoms with van der Waals surface area (Å²) in [4.78, 5) is 14.1. The molecule has 0 atom stereocenters. The van der Waals surface area contributed by atoms with Gasteiger partial charge in [-0.15, -0.1) is 0 Å². The van der Waals surface area contributed by atoms with Crippen molar-refractivity contribution in [1.82, 2.24) is 19.4 Å². The smallest absolute Gasteiger partial charge is 0.199 e. The first-order valence-corrected chi connectivity index (χ1v) is 7.49. The standard InChI is InChI=1S/C19H12N4/c1-2-7-13(8-3-1)14-9-6-12-23-18(14)22-17-19(23)21-16-11-5-4-10-15(16)20-17/h1-12H. The van der Waals surface area contributed by atoms with Gasteiger partial charge in [0, 0.05) is 11.8 Å². The van der Waals surface area contributed by atoms with Crippen molar-refractivity contribution in [2.24, 2.45) is 0 Å². The second-order valence-corrected chi connectivity index (χ2v) is 5.45. The second kappa shape index (κ2) is 4.61. The molecule has 2 aromatic carbocycles. The summed E-state index contributed by atoms with van der Waals surface area (Å²) in [6.07, 6.45) is 1.99. The minimum Gasteiger partial charge on any atom is -0.282 e. The summed E-state index contributed by atoms with van der Waals surface area (Å²) in [6, 6.07) is 22.2. The monoisotopic (exact) mass is 296 g/mol. The molecule has 0 unspecified atom stereocenters. The second-order valence-electron chi connectivity index (χ2n) is 5.45. The molecule has 0 bridgehead atoms. The molecule has 0 radical (unpaired) electrons. The predicted molar refractivity (Wildman–Crippen MR) is 91.2 cm³/mol. The lowest BCUT2D eigenvalue weighted by atomic mass is 10.1. The molecule has 0 fully saturated rings. The summed E-state index contributed by atoms with van der Waals surface area (Å²) in [7, 11) is 0. The zero-order valence-corrected chi connectivity index (χ0v) is 12.2. The van der Waals surface area contributed by atoms with E-state index in [1.165, 1.54) is 0 Å². The van der Waals surface area contributed by atoms with Gasteiger partial charge in [0.15, 0.2) is 11.3 Å². The number of rotatable bonds is 1. The molecule has 4 heteroatoms. The van der Waals surface area contributed by atoms with Gasteiger partial charge in [-0.25, -0.2) is 15.0 Å². The quantitative estimate of drug-likeness (QED) is 0.468. The van der Waals surface area contributed by atoms with Crippen molar-refractivity contribution in [3.63, 3.8) is 0 Å². The third-order valence-electron chi connectivity index (χ3n) is 4.03. The van der Waals surface area contributed by atoms with Gasteiger partial charge in [0.1, 0.15) is 5.65 Å². The highest BCUT2D eigenvalue weighted by Crippen LogP contribution is 2.26. The van der Waals surface area contributed by atoms with E-state index < -0.39 is 0 Å². The molecule has 23 heavy (non-hydrogen) atoms. The lowest BCUT2D eigenvalue weighted by Crippen LogP contribution is -1.90. The third-order valence-corrected chi connectivity index (χ3v) is 4.03. The number of benzene rings is 2. The largest absolute Gasteiger partial charge is 0.282 e. The number of fused-ring (bicyclic) bond motifs is 4. The first-order chi connectivity index (χ1) is 11.4. The SMILES string of the molecule is c1ccc(-c2cccn3c2nc2nc4ccccc4nc23)cc1. The van der Waals surface area contributed by atoms with E-state index in [0.29, 0.717) is 5.65 Å². The first kappa shape index (κ1) is 12.3. The molecule has 5 aromatic rings. The number of para-hydroxylation sites is 2. The highest BCUT2D eigenvalue weighted by molar-refractivity contribution is 5.88. The Morgan fingerprint density at radius 3 is 2.17 bits per heavy atom. The van der Waals surface area contributed by atoms with Crippen LogP contribution in [-0.2, 0) is 0 Å². The van der Waals surface area contributed by atoms with Gasteiger partial charge in [0.25, 0.3) is 0 Å². The lowest BCUT2D eigenvalue weighted by Gasteiger charge is -2.03. The van der Waals surface area contributed by atoms with Gasteiger partial charge >= 0.3 is 0 Å². The molecule has 0 spiro atoms.